The SMILES string of the molecule is c1ccc(-c2ccccc2N(c2ccc3c(c2)sc2ccc4ccccc4c23)c2ccc3c4ccccc4n(-c4ccccc4)c3c2)cc1. The summed E-state index contributed by atoms with van der Waals surface area (Å²) in [5.74, 6) is 0. The molecule has 10 rings (SSSR count). The van der Waals surface area contributed by atoms with Gasteiger partial charge in [0.25, 0.3) is 0 Å². The lowest BCUT2D eigenvalue weighted by molar-refractivity contribution is 1.18. The summed E-state index contributed by atoms with van der Waals surface area (Å²) >= 11 is 1.87. The van der Waals surface area contributed by atoms with Gasteiger partial charge in [0.1, 0.15) is 0 Å². The van der Waals surface area contributed by atoms with Crippen molar-refractivity contribution in [1.29, 1.82) is 0 Å². The largest absolute Gasteiger partial charge is 0.310 e. The average molecular weight is 643 g/mol. The second-order valence-electron chi connectivity index (χ2n) is 12.6. The van der Waals surface area contributed by atoms with Crippen molar-refractivity contribution in [2.45, 2.75) is 0 Å². The predicted octanol–water partition coefficient (Wildman–Crippen LogP) is 13.4. The van der Waals surface area contributed by atoms with Crippen molar-refractivity contribution in [2.75, 3.05) is 4.90 Å². The molecule has 2 nitrogen and oxygen atoms in total. The van der Waals surface area contributed by atoms with Gasteiger partial charge in [0.05, 0.1) is 16.7 Å². The molecule has 49 heavy (non-hydrogen) atoms. The second kappa shape index (κ2) is 11.2. The Morgan fingerprint density at radius 3 is 1.94 bits per heavy atom. The molecule has 0 aliphatic heterocycles. The summed E-state index contributed by atoms with van der Waals surface area (Å²) in [5.41, 5.74) is 9.31. The van der Waals surface area contributed by atoms with E-state index in [0.29, 0.717) is 0 Å². The van der Waals surface area contributed by atoms with Crippen LogP contribution in [-0.2, 0) is 0 Å². The molecule has 0 atom stereocenters. The van der Waals surface area contributed by atoms with Gasteiger partial charge in [-0.05, 0) is 70.9 Å². The molecule has 0 unspecified atom stereocenters. The first-order valence-electron chi connectivity index (χ1n) is 16.7. The predicted molar refractivity (Wildman–Crippen MR) is 211 cm³/mol. The smallest absolute Gasteiger partial charge is 0.0561 e. The first-order valence-corrected chi connectivity index (χ1v) is 17.5. The Bertz CT molecular complexity index is 2830. The molecule has 10 aromatic rings. The Kier molecular flexibility index (Phi) is 6.39. The molecule has 0 bridgehead atoms. The number of benzene rings is 8. The normalized spacial score (nSPS) is 11.7. The fourth-order valence-electron chi connectivity index (χ4n) is 7.58. The van der Waals surface area contributed by atoms with Crippen LogP contribution < -0.4 is 4.90 Å². The van der Waals surface area contributed by atoms with E-state index in [1.165, 1.54) is 63.9 Å². The van der Waals surface area contributed by atoms with E-state index < -0.39 is 0 Å². The minimum atomic E-state index is 1.11. The first-order chi connectivity index (χ1) is 24.3. The number of nitrogens with zero attached hydrogens (tertiary/aromatic N) is 2. The summed E-state index contributed by atoms with van der Waals surface area (Å²) in [7, 11) is 0. The van der Waals surface area contributed by atoms with Crippen molar-refractivity contribution in [3.05, 3.63) is 182 Å². The van der Waals surface area contributed by atoms with Gasteiger partial charge in [-0.15, -0.1) is 11.3 Å². The van der Waals surface area contributed by atoms with Crippen LogP contribution >= 0.6 is 11.3 Å². The number of para-hydroxylation sites is 3. The Labute approximate surface area is 288 Å². The van der Waals surface area contributed by atoms with Gasteiger partial charge < -0.3 is 9.47 Å². The van der Waals surface area contributed by atoms with Crippen molar-refractivity contribution < 1.29 is 0 Å². The van der Waals surface area contributed by atoms with E-state index in [2.05, 4.69) is 191 Å². The number of fused-ring (bicyclic) bond motifs is 8. The van der Waals surface area contributed by atoms with Gasteiger partial charge in [-0.2, -0.15) is 0 Å². The van der Waals surface area contributed by atoms with Gasteiger partial charge in [-0.3, -0.25) is 0 Å². The third-order valence-electron chi connectivity index (χ3n) is 9.76. The number of thiophene rings is 1. The molecule has 0 spiro atoms. The Balaban J connectivity index is 1.25. The van der Waals surface area contributed by atoms with Crippen LogP contribution in [0.3, 0.4) is 0 Å². The Morgan fingerprint density at radius 2 is 1.08 bits per heavy atom. The van der Waals surface area contributed by atoms with Gasteiger partial charge in [-0.1, -0.05) is 127 Å². The minimum absolute atomic E-state index is 1.11. The van der Waals surface area contributed by atoms with Crippen LogP contribution in [0.15, 0.2) is 182 Å². The van der Waals surface area contributed by atoms with Crippen LogP contribution in [0.4, 0.5) is 17.1 Å². The van der Waals surface area contributed by atoms with Crippen LogP contribution in [0, 0.1) is 0 Å². The first kappa shape index (κ1) is 27.9. The molecule has 2 aromatic heterocycles. The van der Waals surface area contributed by atoms with Gasteiger partial charge in [0.2, 0.25) is 0 Å². The van der Waals surface area contributed by atoms with E-state index in [1.54, 1.807) is 0 Å². The van der Waals surface area contributed by atoms with Gasteiger partial charge in [0, 0.05) is 53.6 Å². The van der Waals surface area contributed by atoms with E-state index in [0.717, 1.165) is 22.7 Å². The standard InChI is InChI=1S/C46H30N2S/c1-3-13-31(14-4-1)36-18-9-11-21-41(36)47(35-25-27-40-45(30-35)49-44-28-23-32-15-7-8-19-37(32)46(40)44)34-24-26-39-38-20-10-12-22-42(38)48(43(39)29-34)33-16-5-2-6-17-33/h1-30H. The van der Waals surface area contributed by atoms with Crippen molar-refractivity contribution in [1.82, 2.24) is 4.57 Å². The van der Waals surface area contributed by atoms with E-state index in [-0.39, 0.29) is 0 Å². The number of rotatable bonds is 5. The zero-order chi connectivity index (χ0) is 32.3. The van der Waals surface area contributed by atoms with Crippen LogP contribution in [0.25, 0.3) is 69.6 Å². The molecular weight excluding hydrogens is 613 g/mol. The fourth-order valence-corrected chi connectivity index (χ4v) is 8.74. The van der Waals surface area contributed by atoms with Gasteiger partial charge in [-0.25, -0.2) is 0 Å². The van der Waals surface area contributed by atoms with E-state index >= 15 is 0 Å². The zero-order valence-corrected chi connectivity index (χ0v) is 27.4. The topological polar surface area (TPSA) is 8.17 Å². The summed E-state index contributed by atoms with van der Waals surface area (Å²) in [6.45, 7) is 0. The third-order valence-corrected chi connectivity index (χ3v) is 10.9. The molecule has 0 saturated carbocycles. The van der Waals surface area contributed by atoms with Crippen LogP contribution in [0.5, 0.6) is 0 Å². The van der Waals surface area contributed by atoms with E-state index in [1.807, 2.05) is 11.3 Å². The zero-order valence-electron chi connectivity index (χ0n) is 26.6. The molecular formula is C46H30N2S. The number of hydrogen-bond donors (Lipinski definition) is 0. The van der Waals surface area contributed by atoms with Crippen LogP contribution in [0.1, 0.15) is 0 Å². The molecule has 8 aromatic carbocycles. The molecule has 0 radical (unpaired) electrons. The van der Waals surface area contributed by atoms with Crippen LogP contribution in [-0.4, -0.2) is 4.57 Å². The highest BCUT2D eigenvalue weighted by atomic mass is 32.1. The number of anilines is 3. The average Bonchev–Trinajstić information content (AvgIpc) is 3.71. The fraction of sp³-hybridized carbons (Fsp3) is 0. The summed E-state index contributed by atoms with van der Waals surface area (Å²) in [5, 5.41) is 7.73. The Hall–Kier alpha value is -6.16. The second-order valence-corrected chi connectivity index (χ2v) is 13.6. The molecule has 0 aliphatic carbocycles. The monoisotopic (exact) mass is 642 g/mol. The number of hydrogen-bond acceptors (Lipinski definition) is 2. The minimum Gasteiger partial charge on any atom is -0.310 e. The number of aromatic nitrogens is 1. The molecule has 0 amide bonds. The highest BCUT2D eigenvalue weighted by molar-refractivity contribution is 7.26. The molecule has 0 aliphatic rings. The molecule has 0 fully saturated rings. The maximum Gasteiger partial charge on any atom is 0.0561 e. The summed E-state index contributed by atoms with van der Waals surface area (Å²) < 4.78 is 5.00. The maximum atomic E-state index is 2.44. The van der Waals surface area contributed by atoms with Crippen LogP contribution in [0.2, 0.25) is 0 Å². The maximum absolute atomic E-state index is 2.44. The van der Waals surface area contributed by atoms with Gasteiger partial charge >= 0.3 is 0 Å². The molecule has 0 saturated heterocycles. The molecule has 230 valence electrons. The molecule has 0 N–H and O–H groups in total. The van der Waals surface area contributed by atoms with E-state index in [9.17, 15) is 0 Å². The third kappa shape index (κ3) is 4.47. The molecule has 3 heteroatoms. The van der Waals surface area contributed by atoms with E-state index in [4.69, 9.17) is 0 Å². The van der Waals surface area contributed by atoms with Gasteiger partial charge in [0.15, 0.2) is 0 Å². The molecule has 2 heterocycles. The quantitative estimate of drug-likeness (QED) is 0.181. The highest BCUT2D eigenvalue weighted by Crippen LogP contribution is 2.46. The Morgan fingerprint density at radius 1 is 0.429 bits per heavy atom. The van der Waals surface area contributed by atoms with Crippen molar-refractivity contribution in [3.8, 4) is 16.8 Å². The van der Waals surface area contributed by atoms with Crippen molar-refractivity contribution >= 4 is 81.1 Å². The van der Waals surface area contributed by atoms with Crippen molar-refractivity contribution in [3.63, 3.8) is 0 Å². The lowest BCUT2D eigenvalue weighted by Gasteiger charge is -2.28. The summed E-state index contributed by atoms with van der Waals surface area (Å²) in [4.78, 5) is 2.44. The van der Waals surface area contributed by atoms with Crippen molar-refractivity contribution in [2.24, 2.45) is 0 Å². The lowest BCUT2D eigenvalue weighted by atomic mass is 10.0. The lowest BCUT2D eigenvalue weighted by Crippen LogP contribution is -2.11. The summed E-state index contributed by atoms with van der Waals surface area (Å²) in [6, 6.07) is 66.2. The highest BCUT2D eigenvalue weighted by Gasteiger charge is 2.21. The summed E-state index contributed by atoms with van der Waals surface area (Å²) in [6.07, 6.45) is 0.